The number of hydrogen-bond acceptors (Lipinski definition) is 3. The van der Waals surface area contributed by atoms with Gasteiger partial charge in [0.15, 0.2) is 0 Å². The maximum Gasteiger partial charge on any atom is 0.0331 e. The molecule has 2 nitrogen and oxygen atoms in total. The van der Waals surface area contributed by atoms with Crippen LogP contribution in [-0.4, -0.2) is 41.5 Å². The fraction of sp³-hybridized carbons (Fsp3) is 0.692. The molecule has 0 amide bonds. The van der Waals surface area contributed by atoms with Crippen LogP contribution in [-0.2, 0) is 6.54 Å². The van der Waals surface area contributed by atoms with Gasteiger partial charge in [-0.15, -0.1) is 11.3 Å². The van der Waals surface area contributed by atoms with Crippen LogP contribution in [0.25, 0.3) is 0 Å². The highest BCUT2D eigenvalue weighted by Gasteiger charge is 2.34. The second-order valence-electron chi connectivity index (χ2n) is 5.15. The van der Waals surface area contributed by atoms with Crippen molar-refractivity contribution in [2.24, 2.45) is 0 Å². The predicted molar refractivity (Wildman–Crippen MR) is 68.8 cm³/mol. The summed E-state index contributed by atoms with van der Waals surface area (Å²) in [6, 6.07) is 5.99. The number of thiophene rings is 1. The first-order valence-corrected chi connectivity index (χ1v) is 7.21. The van der Waals surface area contributed by atoms with Gasteiger partial charge in [0.05, 0.1) is 0 Å². The van der Waals surface area contributed by atoms with Crippen molar-refractivity contribution in [3.63, 3.8) is 0 Å². The summed E-state index contributed by atoms with van der Waals surface area (Å²) in [5.74, 6) is 0. The Morgan fingerprint density at radius 3 is 3.19 bits per heavy atom. The van der Waals surface area contributed by atoms with Gasteiger partial charge in [0.1, 0.15) is 0 Å². The molecule has 88 valence electrons. The molecule has 0 bridgehead atoms. The Bertz CT molecular complexity index is 336. The lowest BCUT2D eigenvalue weighted by Gasteiger charge is -2.42. The SMILES string of the molecule is C[C@@H]1CN2CCC[C@H]2CN1Cc1cccs1. The topological polar surface area (TPSA) is 6.48 Å². The Labute approximate surface area is 102 Å². The van der Waals surface area contributed by atoms with Crippen LogP contribution in [0.4, 0.5) is 0 Å². The molecule has 0 aliphatic carbocycles. The molecule has 0 saturated carbocycles. The van der Waals surface area contributed by atoms with Gasteiger partial charge in [-0.3, -0.25) is 9.80 Å². The number of rotatable bonds is 2. The molecule has 1 aromatic rings. The van der Waals surface area contributed by atoms with Crippen LogP contribution in [0.3, 0.4) is 0 Å². The number of piperazine rings is 1. The number of nitrogens with zero attached hydrogens (tertiary/aromatic N) is 2. The molecule has 2 saturated heterocycles. The van der Waals surface area contributed by atoms with Gasteiger partial charge in [-0.1, -0.05) is 6.07 Å². The molecular weight excluding hydrogens is 216 g/mol. The third kappa shape index (κ3) is 2.04. The molecule has 0 spiro atoms. The summed E-state index contributed by atoms with van der Waals surface area (Å²) in [5.41, 5.74) is 0. The van der Waals surface area contributed by atoms with Crippen molar-refractivity contribution in [2.75, 3.05) is 19.6 Å². The highest BCUT2D eigenvalue weighted by atomic mass is 32.1. The van der Waals surface area contributed by atoms with E-state index in [-0.39, 0.29) is 0 Å². The molecule has 3 rings (SSSR count). The van der Waals surface area contributed by atoms with E-state index in [1.165, 1.54) is 37.4 Å². The van der Waals surface area contributed by atoms with E-state index in [1.54, 1.807) is 0 Å². The van der Waals surface area contributed by atoms with Crippen molar-refractivity contribution in [1.82, 2.24) is 9.80 Å². The summed E-state index contributed by atoms with van der Waals surface area (Å²) < 4.78 is 0. The van der Waals surface area contributed by atoms with Gasteiger partial charge in [-0.05, 0) is 37.8 Å². The predicted octanol–water partition coefficient (Wildman–Crippen LogP) is 2.42. The Kier molecular flexibility index (Phi) is 3.01. The van der Waals surface area contributed by atoms with Crippen LogP contribution < -0.4 is 0 Å². The van der Waals surface area contributed by atoms with Crippen molar-refractivity contribution in [2.45, 2.75) is 38.4 Å². The van der Waals surface area contributed by atoms with E-state index >= 15 is 0 Å². The molecule has 0 N–H and O–H groups in total. The first-order chi connectivity index (χ1) is 7.83. The van der Waals surface area contributed by atoms with Gasteiger partial charge < -0.3 is 0 Å². The van der Waals surface area contributed by atoms with Crippen LogP contribution in [0.2, 0.25) is 0 Å². The first-order valence-electron chi connectivity index (χ1n) is 6.33. The first kappa shape index (κ1) is 10.8. The van der Waals surface area contributed by atoms with E-state index in [9.17, 15) is 0 Å². The Hall–Kier alpha value is -0.380. The normalized spacial score (nSPS) is 31.8. The fourth-order valence-corrected chi connectivity index (χ4v) is 3.80. The Morgan fingerprint density at radius 1 is 1.44 bits per heavy atom. The minimum Gasteiger partial charge on any atom is -0.298 e. The quantitative estimate of drug-likeness (QED) is 0.778. The summed E-state index contributed by atoms with van der Waals surface area (Å²) in [6.45, 7) is 7.42. The highest BCUT2D eigenvalue weighted by Crippen LogP contribution is 2.26. The molecule has 16 heavy (non-hydrogen) atoms. The van der Waals surface area contributed by atoms with Crippen LogP contribution in [0.5, 0.6) is 0 Å². The fourth-order valence-electron chi connectivity index (χ4n) is 3.07. The van der Waals surface area contributed by atoms with E-state index < -0.39 is 0 Å². The van der Waals surface area contributed by atoms with Crippen molar-refractivity contribution in [1.29, 1.82) is 0 Å². The molecule has 2 atom stereocenters. The minimum atomic E-state index is 0.719. The second kappa shape index (κ2) is 4.47. The third-order valence-corrected chi connectivity index (χ3v) is 4.87. The highest BCUT2D eigenvalue weighted by molar-refractivity contribution is 7.09. The van der Waals surface area contributed by atoms with Gasteiger partial charge in [-0.2, -0.15) is 0 Å². The van der Waals surface area contributed by atoms with Crippen LogP contribution in [0, 0.1) is 0 Å². The van der Waals surface area contributed by atoms with E-state index in [0.717, 1.165) is 18.6 Å². The van der Waals surface area contributed by atoms with E-state index in [2.05, 4.69) is 34.2 Å². The van der Waals surface area contributed by atoms with Crippen LogP contribution in [0.1, 0.15) is 24.6 Å². The lowest BCUT2D eigenvalue weighted by atomic mass is 10.1. The van der Waals surface area contributed by atoms with E-state index in [0.29, 0.717) is 0 Å². The maximum atomic E-state index is 2.69. The van der Waals surface area contributed by atoms with Gasteiger partial charge in [-0.25, -0.2) is 0 Å². The average Bonchev–Trinajstić information content (AvgIpc) is 2.89. The standard InChI is InChI=1S/C13H20N2S/c1-11-8-14-6-2-4-12(14)9-15(11)10-13-5-3-7-16-13/h3,5,7,11-12H,2,4,6,8-10H2,1H3/t11-,12+/m1/s1. The zero-order valence-corrected chi connectivity index (χ0v) is 10.7. The van der Waals surface area contributed by atoms with Crippen molar-refractivity contribution >= 4 is 11.3 Å². The molecule has 0 aromatic carbocycles. The average molecular weight is 236 g/mol. The maximum absolute atomic E-state index is 2.69. The summed E-state index contributed by atoms with van der Waals surface area (Å²) in [4.78, 5) is 6.87. The summed E-state index contributed by atoms with van der Waals surface area (Å²) in [7, 11) is 0. The van der Waals surface area contributed by atoms with Gasteiger partial charge in [0.2, 0.25) is 0 Å². The molecule has 3 heteroatoms. The number of hydrogen-bond donors (Lipinski definition) is 0. The van der Waals surface area contributed by atoms with Gasteiger partial charge >= 0.3 is 0 Å². The number of fused-ring (bicyclic) bond motifs is 1. The summed E-state index contributed by atoms with van der Waals surface area (Å²) in [5, 5.41) is 2.19. The summed E-state index contributed by atoms with van der Waals surface area (Å²) >= 11 is 1.89. The molecule has 2 aliphatic rings. The molecule has 3 heterocycles. The van der Waals surface area contributed by atoms with Crippen molar-refractivity contribution in [3.05, 3.63) is 22.4 Å². The lowest BCUT2D eigenvalue weighted by molar-refractivity contribution is 0.0547. The van der Waals surface area contributed by atoms with Crippen molar-refractivity contribution < 1.29 is 0 Å². The summed E-state index contributed by atoms with van der Waals surface area (Å²) in [6.07, 6.45) is 2.82. The van der Waals surface area contributed by atoms with E-state index in [4.69, 9.17) is 0 Å². The lowest BCUT2D eigenvalue weighted by Crippen LogP contribution is -2.54. The van der Waals surface area contributed by atoms with Crippen LogP contribution in [0.15, 0.2) is 17.5 Å². The Balaban J connectivity index is 1.66. The van der Waals surface area contributed by atoms with E-state index in [1.807, 2.05) is 11.3 Å². The second-order valence-corrected chi connectivity index (χ2v) is 6.18. The molecule has 2 aliphatic heterocycles. The molecule has 2 fully saturated rings. The molecule has 0 radical (unpaired) electrons. The molecule has 1 aromatic heterocycles. The zero-order chi connectivity index (χ0) is 11.0. The monoisotopic (exact) mass is 236 g/mol. The van der Waals surface area contributed by atoms with Crippen LogP contribution >= 0.6 is 11.3 Å². The zero-order valence-electron chi connectivity index (χ0n) is 9.93. The minimum absolute atomic E-state index is 0.719. The van der Waals surface area contributed by atoms with Crippen molar-refractivity contribution in [3.8, 4) is 0 Å². The van der Waals surface area contributed by atoms with Gasteiger partial charge in [0, 0.05) is 36.6 Å². The Morgan fingerprint density at radius 2 is 2.38 bits per heavy atom. The third-order valence-electron chi connectivity index (χ3n) is 4.01. The smallest absolute Gasteiger partial charge is 0.0331 e. The molecular formula is C13H20N2S. The van der Waals surface area contributed by atoms with Gasteiger partial charge in [0.25, 0.3) is 0 Å². The largest absolute Gasteiger partial charge is 0.298 e. The molecule has 0 unspecified atom stereocenters.